The molecule has 2 fully saturated rings. The monoisotopic (exact) mass is 288 g/mol. The van der Waals surface area contributed by atoms with Gasteiger partial charge in [0.1, 0.15) is 0 Å². The number of piperidine rings is 1. The summed E-state index contributed by atoms with van der Waals surface area (Å²) >= 11 is 0. The molecule has 0 aromatic carbocycles. The molecule has 4 heteroatoms. The highest BCUT2D eigenvalue weighted by Gasteiger charge is 2.43. The highest BCUT2D eigenvalue weighted by atomic mass is 16.5. The molecular formula is C17H24N2O2. The van der Waals surface area contributed by atoms with Crippen molar-refractivity contribution in [1.82, 2.24) is 9.88 Å². The lowest BCUT2D eigenvalue weighted by molar-refractivity contribution is -0.138. The van der Waals surface area contributed by atoms with E-state index in [0.717, 1.165) is 44.5 Å². The number of pyridine rings is 1. The number of carbonyl (C=O) groups excluding carboxylic acids is 1. The number of amides is 1. The quantitative estimate of drug-likeness (QED) is 0.858. The van der Waals surface area contributed by atoms with Gasteiger partial charge in [-0.25, -0.2) is 0 Å². The van der Waals surface area contributed by atoms with Crippen molar-refractivity contribution in [3.05, 3.63) is 30.1 Å². The minimum Gasteiger partial charge on any atom is -0.373 e. The number of aromatic nitrogens is 1. The number of hydrogen-bond donors (Lipinski definition) is 0. The van der Waals surface area contributed by atoms with Crippen molar-refractivity contribution < 1.29 is 9.53 Å². The average Bonchev–Trinajstić information content (AvgIpc) is 2.91. The summed E-state index contributed by atoms with van der Waals surface area (Å²) in [6.07, 6.45) is 8.39. The Morgan fingerprint density at radius 1 is 1.57 bits per heavy atom. The zero-order chi connectivity index (χ0) is 14.7. The number of hydrogen-bond acceptors (Lipinski definition) is 3. The van der Waals surface area contributed by atoms with E-state index >= 15 is 0 Å². The lowest BCUT2D eigenvalue weighted by Crippen LogP contribution is -2.50. The van der Waals surface area contributed by atoms with E-state index in [1.807, 2.05) is 17.0 Å². The first-order valence-corrected chi connectivity index (χ1v) is 8.01. The van der Waals surface area contributed by atoms with E-state index < -0.39 is 0 Å². The summed E-state index contributed by atoms with van der Waals surface area (Å²) < 4.78 is 6.11. The summed E-state index contributed by atoms with van der Waals surface area (Å²) in [5, 5.41) is 0. The molecule has 2 aliphatic heterocycles. The van der Waals surface area contributed by atoms with Crippen molar-refractivity contribution >= 4 is 5.91 Å². The summed E-state index contributed by atoms with van der Waals surface area (Å²) in [5.74, 6) is 0.865. The third-order valence-corrected chi connectivity index (χ3v) is 4.83. The maximum atomic E-state index is 12.5. The molecule has 2 aliphatic rings. The van der Waals surface area contributed by atoms with Crippen LogP contribution in [-0.4, -0.2) is 41.1 Å². The van der Waals surface area contributed by atoms with Crippen LogP contribution in [0.3, 0.4) is 0 Å². The van der Waals surface area contributed by atoms with Crippen LogP contribution in [0.5, 0.6) is 0 Å². The van der Waals surface area contributed by atoms with Crippen LogP contribution in [0, 0.1) is 5.92 Å². The normalized spacial score (nSPS) is 29.0. The van der Waals surface area contributed by atoms with E-state index in [9.17, 15) is 4.79 Å². The SMILES string of the molecule is CC[C@H]1CO[C@]2(CCCN(C(=O)Cc3cccnc3)C2)C1. The van der Waals surface area contributed by atoms with Gasteiger partial charge in [0.05, 0.1) is 18.6 Å². The first kappa shape index (κ1) is 14.5. The molecule has 21 heavy (non-hydrogen) atoms. The molecule has 114 valence electrons. The Labute approximate surface area is 126 Å². The Kier molecular flexibility index (Phi) is 4.24. The van der Waals surface area contributed by atoms with E-state index in [4.69, 9.17) is 4.74 Å². The third-order valence-electron chi connectivity index (χ3n) is 4.83. The van der Waals surface area contributed by atoms with Gasteiger partial charge in [-0.3, -0.25) is 9.78 Å². The van der Waals surface area contributed by atoms with Crippen molar-refractivity contribution in [2.75, 3.05) is 19.7 Å². The van der Waals surface area contributed by atoms with Crippen LogP contribution < -0.4 is 0 Å². The zero-order valence-corrected chi connectivity index (χ0v) is 12.8. The molecule has 2 atom stereocenters. The first-order chi connectivity index (χ1) is 10.2. The van der Waals surface area contributed by atoms with E-state index in [2.05, 4.69) is 11.9 Å². The Hall–Kier alpha value is -1.42. The van der Waals surface area contributed by atoms with Crippen LogP contribution in [0.1, 0.15) is 38.2 Å². The Morgan fingerprint density at radius 2 is 2.48 bits per heavy atom. The summed E-state index contributed by atoms with van der Waals surface area (Å²) in [6, 6.07) is 3.84. The first-order valence-electron chi connectivity index (χ1n) is 8.01. The maximum absolute atomic E-state index is 12.5. The summed E-state index contributed by atoms with van der Waals surface area (Å²) in [4.78, 5) is 18.6. The van der Waals surface area contributed by atoms with Gasteiger partial charge in [-0.15, -0.1) is 0 Å². The molecule has 0 bridgehead atoms. The standard InChI is InChI=1S/C17H24N2O2/c1-2-14-10-17(21-12-14)6-4-8-19(13-17)16(20)9-15-5-3-7-18-11-15/h3,5,7,11,14H,2,4,6,8-10,12-13H2,1H3/t14-,17-/m1/s1. The Morgan fingerprint density at radius 3 is 3.19 bits per heavy atom. The van der Waals surface area contributed by atoms with Crippen molar-refractivity contribution in [1.29, 1.82) is 0 Å². The minimum atomic E-state index is -0.0659. The highest BCUT2D eigenvalue weighted by Crippen LogP contribution is 2.38. The number of likely N-dealkylation sites (tertiary alicyclic amines) is 1. The zero-order valence-electron chi connectivity index (χ0n) is 12.8. The van der Waals surface area contributed by atoms with E-state index in [1.165, 1.54) is 6.42 Å². The molecule has 0 N–H and O–H groups in total. The topological polar surface area (TPSA) is 42.4 Å². The molecule has 1 aromatic heterocycles. The number of nitrogens with zero attached hydrogens (tertiary/aromatic N) is 2. The number of carbonyl (C=O) groups is 1. The molecule has 0 unspecified atom stereocenters. The second kappa shape index (κ2) is 6.14. The van der Waals surface area contributed by atoms with Crippen LogP contribution >= 0.6 is 0 Å². The van der Waals surface area contributed by atoms with Crippen molar-refractivity contribution in [3.63, 3.8) is 0 Å². The lowest BCUT2D eigenvalue weighted by Gasteiger charge is -2.40. The van der Waals surface area contributed by atoms with Crippen LogP contribution in [0.15, 0.2) is 24.5 Å². The highest BCUT2D eigenvalue weighted by molar-refractivity contribution is 5.78. The van der Waals surface area contributed by atoms with Gasteiger partial charge in [0, 0.05) is 25.5 Å². The summed E-state index contributed by atoms with van der Waals surface area (Å²) in [6.45, 7) is 4.71. The summed E-state index contributed by atoms with van der Waals surface area (Å²) in [5.41, 5.74) is 0.921. The molecular weight excluding hydrogens is 264 g/mol. The van der Waals surface area contributed by atoms with Crippen LogP contribution in [-0.2, 0) is 16.0 Å². The fraction of sp³-hybridized carbons (Fsp3) is 0.647. The van der Waals surface area contributed by atoms with Crippen molar-refractivity contribution in [2.45, 2.75) is 44.6 Å². The second-order valence-electron chi connectivity index (χ2n) is 6.43. The third kappa shape index (κ3) is 3.26. The largest absolute Gasteiger partial charge is 0.373 e. The molecule has 3 heterocycles. The predicted octanol–water partition coefficient (Wildman–Crippen LogP) is 2.43. The fourth-order valence-corrected chi connectivity index (χ4v) is 3.59. The van der Waals surface area contributed by atoms with Gasteiger partial charge in [0.25, 0.3) is 0 Å². The van der Waals surface area contributed by atoms with E-state index in [-0.39, 0.29) is 11.5 Å². The molecule has 2 saturated heterocycles. The molecule has 3 rings (SSSR count). The van der Waals surface area contributed by atoms with E-state index in [0.29, 0.717) is 12.3 Å². The number of rotatable bonds is 3. The predicted molar refractivity (Wildman–Crippen MR) is 80.8 cm³/mol. The van der Waals surface area contributed by atoms with Gasteiger partial charge < -0.3 is 9.64 Å². The molecule has 1 aromatic rings. The van der Waals surface area contributed by atoms with E-state index in [1.54, 1.807) is 12.4 Å². The second-order valence-corrected chi connectivity index (χ2v) is 6.43. The lowest BCUT2D eigenvalue weighted by atomic mass is 9.85. The molecule has 0 radical (unpaired) electrons. The minimum absolute atomic E-state index is 0.0659. The van der Waals surface area contributed by atoms with Crippen LogP contribution in [0.25, 0.3) is 0 Å². The van der Waals surface area contributed by atoms with Crippen LogP contribution in [0.2, 0.25) is 0 Å². The summed E-state index contributed by atoms with van der Waals surface area (Å²) in [7, 11) is 0. The maximum Gasteiger partial charge on any atom is 0.227 e. The molecule has 0 saturated carbocycles. The molecule has 4 nitrogen and oxygen atoms in total. The molecule has 0 aliphatic carbocycles. The van der Waals surface area contributed by atoms with Gasteiger partial charge in [0.2, 0.25) is 5.91 Å². The van der Waals surface area contributed by atoms with Crippen LogP contribution in [0.4, 0.5) is 0 Å². The average molecular weight is 288 g/mol. The van der Waals surface area contributed by atoms with Gasteiger partial charge in [-0.2, -0.15) is 0 Å². The molecule has 1 spiro atoms. The van der Waals surface area contributed by atoms with Crippen molar-refractivity contribution in [2.24, 2.45) is 5.92 Å². The number of ether oxygens (including phenoxy) is 1. The fourth-order valence-electron chi connectivity index (χ4n) is 3.59. The Bertz CT molecular complexity index is 491. The molecule has 1 amide bonds. The van der Waals surface area contributed by atoms with Crippen molar-refractivity contribution in [3.8, 4) is 0 Å². The van der Waals surface area contributed by atoms with Gasteiger partial charge >= 0.3 is 0 Å². The Balaban J connectivity index is 1.62. The van der Waals surface area contributed by atoms with Gasteiger partial charge in [-0.05, 0) is 36.8 Å². The van der Waals surface area contributed by atoms with Gasteiger partial charge in [-0.1, -0.05) is 19.4 Å². The van der Waals surface area contributed by atoms with Gasteiger partial charge in [0.15, 0.2) is 0 Å². The smallest absolute Gasteiger partial charge is 0.227 e.